The van der Waals surface area contributed by atoms with Crippen molar-refractivity contribution < 1.29 is 0 Å². The molecule has 0 spiro atoms. The highest BCUT2D eigenvalue weighted by Crippen LogP contribution is 2.35. The molecule has 2 aliphatic rings. The molecule has 0 atom stereocenters. The first-order valence-corrected chi connectivity index (χ1v) is 6.47. The molecule has 1 N–H and O–H groups in total. The molecule has 0 unspecified atom stereocenters. The summed E-state index contributed by atoms with van der Waals surface area (Å²) >= 11 is 1.87. The normalized spacial score (nSPS) is 24.0. The monoisotopic (exact) mass is 208 g/mol. The molecule has 0 radical (unpaired) electrons. The highest BCUT2D eigenvalue weighted by molar-refractivity contribution is 7.09. The molecule has 1 saturated heterocycles. The maximum Gasteiger partial charge on any atom is 0.0984 e. The van der Waals surface area contributed by atoms with Crippen LogP contribution in [0, 0.1) is 0 Å². The van der Waals surface area contributed by atoms with Crippen molar-refractivity contribution in [1.82, 2.24) is 10.3 Å². The number of nitrogens with zero attached hydrogens (tertiary/aromatic N) is 1. The molecule has 2 fully saturated rings. The molecule has 1 aromatic heterocycles. The lowest BCUT2D eigenvalue weighted by Gasteiger charge is -2.24. The van der Waals surface area contributed by atoms with Gasteiger partial charge in [-0.05, 0) is 12.8 Å². The van der Waals surface area contributed by atoms with Crippen LogP contribution < -0.4 is 5.32 Å². The summed E-state index contributed by atoms with van der Waals surface area (Å²) in [5.41, 5.74) is 1.38. The Labute approximate surface area is 88.7 Å². The second kappa shape index (κ2) is 3.63. The average Bonchev–Trinajstić information content (AvgIpc) is 2.65. The van der Waals surface area contributed by atoms with Gasteiger partial charge in [0.1, 0.15) is 0 Å². The molecule has 3 heteroatoms. The largest absolute Gasteiger partial charge is 0.315 e. The highest BCUT2D eigenvalue weighted by atomic mass is 32.1. The first-order valence-electron chi connectivity index (χ1n) is 5.59. The maximum atomic E-state index is 4.79. The Bertz CT molecular complexity index is 311. The van der Waals surface area contributed by atoms with E-state index in [-0.39, 0.29) is 0 Å². The number of nitrogens with one attached hydrogen (secondary N) is 1. The molecule has 0 amide bonds. The van der Waals surface area contributed by atoms with Gasteiger partial charge in [0.25, 0.3) is 0 Å². The minimum atomic E-state index is 0.718. The SMILES string of the molecule is c1sc(C2CNC2)nc1C1CCCC1. The lowest BCUT2D eigenvalue weighted by molar-refractivity contribution is 0.445. The fraction of sp³-hybridized carbons (Fsp3) is 0.727. The van der Waals surface area contributed by atoms with Gasteiger partial charge in [-0.1, -0.05) is 12.8 Å². The molecule has 1 saturated carbocycles. The molecular weight excluding hydrogens is 192 g/mol. The van der Waals surface area contributed by atoms with Crippen molar-refractivity contribution in [3.63, 3.8) is 0 Å². The van der Waals surface area contributed by atoms with E-state index in [4.69, 9.17) is 4.98 Å². The van der Waals surface area contributed by atoms with E-state index in [0.29, 0.717) is 0 Å². The molecule has 1 aromatic rings. The smallest absolute Gasteiger partial charge is 0.0984 e. The predicted octanol–water partition coefficient (Wildman–Crippen LogP) is 2.49. The van der Waals surface area contributed by atoms with E-state index in [1.165, 1.54) is 36.4 Å². The lowest BCUT2D eigenvalue weighted by atomic mass is 10.0. The third-order valence-corrected chi connectivity index (χ3v) is 4.47. The number of aromatic nitrogens is 1. The zero-order valence-corrected chi connectivity index (χ0v) is 9.15. The molecule has 3 rings (SSSR count). The Morgan fingerprint density at radius 3 is 2.64 bits per heavy atom. The first kappa shape index (κ1) is 8.86. The Morgan fingerprint density at radius 2 is 2.00 bits per heavy atom. The van der Waals surface area contributed by atoms with Gasteiger partial charge in [-0.3, -0.25) is 0 Å². The average molecular weight is 208 g/mol. The third kappa shape index (κ3) is 1.48. The van der Waals surface area contributed by atoms with E-state index in [2.05, 4.69) is 10.7 Å². The second-order valence-electron chi connectivity index (χ2n) is 4.45. The number of hydrogen-bond donors (Lipinski definition) is 1. The molecule has 14 heavy (non-hydrogen) atoms. The molecule has 1 aliphatic carbocycles. The van der Waals surface area contributed by atoms with E-state index in [9.17, 15) is 0 Å². The quantitative estimate of drug-likeness (QED) is 0.807. The Balaban J connectivity index is 1.75. The Kier molecular flexibility index (Phi) is 2.30. The van der Waals surface area contributed by atoms with Crippen LogP contribution in [-0.2, 0) is 0 Å². The van der Waals surface area contributed by atoms with E-state index in [1.54, 1.807) is 0 Å². The van der Waals surface area contributed by atoms with Crippen LogP contribution in [0.2, 0.25) is 0 Å². The van der Waals surface area contributed by atoms with Gasteiger partial charge in [0.05, 0.1) is 10.7 Å². The fourth-order valence-corrected chi connectivity index (χ4v) is 3.36. The van der Waals surface area contributed by atoms with Gasteiger partial charge in [0.2, 0.25) is 0 Å². The van der Waals surface area contributed by atoms with Crippen LogP contribution in [0.3, 0.4) is 0 Å². The molecule has 76 valence electrons. The van der Waals surface area contributed by atoms with Crippen LogP contribution in [-0.4, -0.2) is 18.1 Å². The fourth-order valence-electron chi connectivity index (χ4n) is 2.36. The summed E-state index contributed by atoms with van der Waals surface area (Å²) in [4.78, 5) is 4.79. The molecule has 2 heterocycles. The summed E-state index contributed by atoms with van der Waals surface area (Å²) in [7, 11) is 0. The lowest BCUT2D eigenvalue weighted by Crippen LogP contribution is -2.39. The standard InChI is InChI=1S/C11H16N2S/c1-2-4-8(3-1)10-7-14-11(13-10)9-5-12-6-9/h7-9,12H,1-6H2. The Hall–Kier alpha value is -0.410. The van der Waals surface area contributed by atoms with Gasteiger partial charge >= 0.3 is 0 Å². The minimum Gasteiger partial charge on any atom is -0.315 e. The summed E-state index contributed by atoms with van der Waals surface area (Å²) in [5.74, 6) is 1.50. The van der Waals surface area contributed by atoms with Crippen molar-refractivity contribution >= 4 is 11.3 Å². The van der Waals surface area contributed by atoms with E-state index in [1.807, 2.05) is 11.3 Å². The van der Waals surface area contributed by atoms with Crippen molar-refractivity contribution in [2.24, 2.45) is 0 Å². The summed E-state index contributed by atoms with van der Waals surface area (Å²) in [6, 6.07) is 0. The summed E-state index contributed by atoms with van der Waals surface area (Å²) in [6.45, 7) is 2.27. The molecule has 1 aliphatic heterocycles. The van der Waals surface area contributed by atoms with E-state index >= 15 is 0 Å². The molecule has 2 nitrogen and oxygen atoms in total. The molecule has 0 bridgehead atoms. The minimum absolute atomic E-state index is 0.718. The van der Waals surface area contributed by atoms with Crippen molar-refractivity contribution in [3.05, 3.63) is 16.1 Å². The summed E-state index contributed by atoms with van der Waals surface area (Å²) in [6.07, 6.45) is 5.54. The van der Waals surface area contributed by atoms with Crippen LogP contribution in [0.25, 0.3) is 0 Å². The summed E-state index contributed by atoms with van der Waals surface area (Å²) in [5, 5.41) is 6.97. The Morgan fingerprint density at radius 1 is 1.21 bits per heavy atom. The predicted molar refractivity (Wildman–Crippen MR) is 58.9 cm³/mol. The maximum absolute atomic E-state index is 4.79. The number of thiazole rings is 1. The zero-order valence-electron chi connectivity index (χ0n) is 8.33. The van der Waals surface area contributed by atoms with E-state index in [0.717, 1.165) is 24.9 Å². The van der Waals surface area contributed by atoms with Crippen molar-refractivity contribution in [2.75, 3.05) is 13.1 Å². The van der Waals surface area contributed by atoms with Crippen LogP contribution >= 0.6 is 11.3 Å². The van der Waals surface area contributed by atoms with Crippen molar-refractivity contribution in [2.45, 2.75) is 37.5 Å². The van der Waals surface area contributed by atoms with Crippen molar-refractivity contribution in [3.8, 4) is 0 Å². The topological polar surface area (TPSA) is 24.9 Å². The number of hydrogen-bond acceptors (Lipinski definition) is 3. The first-order chi connectivity index (χ1) is 6.93. The van der Waals surface area contributed by atoms with Gasteiger partial charge in [-0.15, -0.1) is 11.3 Å². The molecular formula is C11H16N2S. The van der Waals surface area contributed by atoms with Gasteiger partial charge < -0.3 is 5.32 Å². The van der Waals surface area contributed by atoms with Crippen LogP contribution in [0.4, 0.5) is 0 Å². The second-order valence-corrected chi connectivity index (χ2v) is 5.34. The summed E-state index contributed by atoms with van der Waals surface area (Å²) < 4.78 is 0. The number of rotatable bonds is 2. The van der Waals surface area contributed by atoms with Crippen molar-refractivity contribution in [1.29, 1.82) is 0 Å². The third-order valence-electron chi connectivity index (χ3n) is 3.44. The van der Waals surface area contributed by atoms with Gasteiger partial charge in [-0.2, -0.15) is 0 Å². The highest BCUT2D eigenvalue weighted by Gasteiger charge is 2.25. The van der Waals surface area contributed by atoms with Crippen LogP contribution in [0.1, 0.15) is 48.2 Å². The van der Waals surface area contributed by atoms with Gasteiger partial charge in [0.15, 0.2) is 0 Å². The van der Waals surface area contributed by atoms with Gasteiger partial charge in [0, 0.05) is 30.3 Å². The van der Waals surface area contributed by atoms with E-state index < -0.39 is 0 Å². The van der Waals surface area contributed by atoms with Gasteiger partial charge in [-0.25, -0.2) is 4.98 Å². The zero-order chi connectivity index (χ0) is 9.38. The van der Waals surface area contributed by atoms with Crippen LogP contribution in [0.5, 0.6) is 0 Å². The van der Waals surface area contributed by atoms with Crippen LogP contribution in [0.15, 0.2) is 5.38 Å². The molecule has 0 aromatic carbocycles.